The number of aromatic nitrogens is 4. The van der Waals surface area contributed by atoms with Crippen LogP contribution in [0.1, 0.15) is 10.5 Å². The molecule has 1 amide bonds. The van der Waals surface area contributed by atoms with Crippen LogP contribution in [0.15, 0.2) is 29.1 Å². The number of amides is 1. The number of anilines is 1. The first-order valence-electron chi connectivity index (χ1n) is 6.46. The third-order valence-electron chi connectivity index (χ3n) is 2.82. The van der Waals surface area contributed by atoms with Crippen molar-refractivity contribution >= 4 is 33.9 Å². The molecule has 0 spiro atoms. The number of methoxy groups -OCH3 is 1. The van der Waals surface area contributed by atoms with Crippen molar-refractivity contribution in [1.29, 1.82) is 0 Å². The molecule has 0 saturated heterocycles. The molecule has 0 aromatic carbocycles. The number of carbonyl (C=O) groups excluding carboxylic acids is 1. The van der Waals surface area contributed by atoms with Crippen molar-refractivity contribution in [3.05, 3.63) is 34.8 Å². The normalized spacial score (nSPS) is 10.8. The first-order chi connectivity index (χ1) is 10.8. The van der Waals surface area contributed by atoms with E-state index in [-0.39, 0.29) is 5.91 Å². The molecule has 0 fully saturated rings. The van der Waals surface area contributed by atoms with Gasteiger partial charge in [0, 0.05) is 35.8 Å². The third-order valence-corrected chi connectivity index (χ3v) is 4.14. The van der Waals surface area contributed by atoms with Gasteiger partial charge in [-0.25, -0.2) is 0 Å². The second-order valence-electron chi connectivity index (χ2n) is 4.35. The van der Waals surface area contributed by atoms with E-state index in [0.29, 0.717) is 29.8 Å². The van der Waals surface area contributed by atoms with Crippen LogP contribution >= 0.6 is 22.9 Å². The summed E-state index contributed by atoms with van der Waals surface area (Å²) in [5.41, 5.74) is 1.29. The molecule has 0 aliphatic heterocycles. The Morgan fingerprint density at radius 2 is 2.36 bits per heavy atom. The van der Waals surface area contributed by atoms with Crippen LogP contribution in [0.5, 0.6) is 0 Å². The highest BCUT2D eigenvalue weighted by atomic mass is 32.1. The highest BCUT2D eigenvalue weighted by molar-refractivity contribution is 7.10. The number of ether oxygens (including phenoxy) is 1. The molecule has 1 N–H and O–H groups in total. The zero-order chi connectivity index (χ0) is 15.4. The SMILES string of the molecule is COCCn1ccc(C(=O)Nc2nc(-c3ccsc3)ns2)n1. The molecule has 0 radical (unpaired) electrons. The molecule has 22 heavy (non-hydrogen) atoms. The Bertz CT molecular complexity index is 750. The smallest absolute Gasteiger partial charge is 0.277 e. The lowest BCUT2D eigenvalue weighted by Gasteiger charge is -1.99. The molecule has 0 unspecified atom stereocenters. The first-order valence-corrected chi connectivity index (χ1v) is 8.18. The summed E-state index contributed by atoms with van der Waals surface area (Å²) in [4.78, 5) is 16.4. The zero-order valence-corrected chi connectivity index (χ0v) is 13.4. The lowest BCUT2D eigenvalue weighted by molar-refractivity contribution is 0.102. The van der Waals surface area contributed by atoms with E-state index in [1.807, 2.05) is 16.8 Å². The molecule has 114 valence electrons. The fraction of sp³-hybridized carbons (Fsp3) is 0.231. The van der Waals surface area contributed by atoms with Crippen LogP contribution < -0.4 is 5.32 Å². The molecular weight excluding hydrogens is 322 g/mol. The van der Waals surface area contributed by atoms with Gasteiger partial charge >= 0.3 is 0 Å². The monoisotopic (exact) mass is 335 g/mol. The number of carbonyl (C=O) groups is 1. The van der Waals surface area contributed by atoms with Crippen LogP contribution in [0, 0.1) is 0 Å². The first kappa shape index (κ1) is 14.8. The molecule has 3 aromatic rings. The maximum atomic E-state index is 12.1. The van der Waals surface area contributed by atoms with Crippen LogP contribution in [0.2, 0.25) is 0 Å². The fourth-order valence-corrected chi connectivity index (χ4v) is 2.96. The third kappa shape index (κ3) is 3.38. The van der Waals surface area contributed by atoms with Crippen LogP contribution in [0.4, 0.5) is 5.13 Å². The van der Waals surface area contributed by atoms with Crippen LogP contribution in [0.3, 0.4) is 0 Å². The van der Waals surface area contributed by atoms with Crippen LogP contribution in [-0.4, -0.2) is 38.8 Å². The lowest BCUT2D eigenvalue weighted by Crippen LogP contribution is -2.14. The second kappa shape index (κ2) is 6.77. The van der Waals surface area contributed by atoms with Crippen LogP contribution in [0.25, 0.3) is 11.4 Å². The molecule has 0 atom stereocenters. The number of rotatable bonds is 6. The number of thiophene rings is 1. The van der Waals surface area contributed by atoms with Crippen molar-refractivity contribution in [2.75, 3.05) is 19.0 Å². The van der Waals surface area contributed by atoms with Gasteiger partial charge in [-0.1, -0.05) is 0 Å². The summed E-state index contributed by atoms with van der Waals surface area (Å²) in [7, 11) is 1.62. The molecule has 0 aliphatic rings. The van der Waals surface area contributed by atoms with E-state index in [2.05, 4.69) is 19.8 Å². The van der Waals surface area contributed by atoms with E-state index in [1.54, 1.807) is 35.4 Å². The van der Waals surface area contributed by atoms with E-state index >= 15 is 0 Å². The minimum absolute atomic E-state index is 0.302. The average Bonchev–Trinajstić information content (AvgIpc) is 3.25. The second-order valence-corrected chi connectivity index (χ2v) is 5.88. The van der Waals surface area contributed by atoms with E-state index in [0.717, 1.165) is 17.1 Å². The van der Waals surface area contributed by atoms with Gasteiger partial charge in [-0.15, -0.1) is 0 Å². The standard InChI is InChI=1S/C13H13N5O2S2/c1-20-6-5-18-4-2-10(16-18)12(19)15-13-14-11(17-22-13)9-3-7-21-8-9/h2-4,7-8H,5-6H2,1H3,(H,14,15,17,19). The van der Waals surface area contributed by atoms with Gasteiger partial charge in [0.15, 0.2) is 11.5 Å². The number of nitrogens with one attached hydrogen (secondary N) is 1. The lowest BCUT2D eigenvalue weighted by atomic mass is 10.3. The van der Waals surface area contributed by atoms with Gasteiger partial charge in [-0.05, 0) is 17.5 Å². The average molecular weight is 335 g/mol. The maximum Gasteiger partial charge on any atom is 0.277 e. The number of nitrogens with zero attached hydrogens (tertiary/aromatic N) is 4. The van der Waals surface area contributed by atoms with E-state index < -0.39 is 0 Å². The Balaban J connectivity index is 1.65. The summed E-state index contributed by atoms with van der Waals surface area (Å²) < 4.78 is 10.9. The Morgan fingerprint density at radius 1 is 1.45 bits per heavy atom. The number of hydrogen-bond donors (Lipinski definition) is 1. The van der Waals surface area contributed by atoms with Crippen molar-refractivity contribution < 1.29 is 9.53 Å². The molecule has 0 saturated carbocycles. The predicted molar refractivity (Wildman–Crippen MR) is 85.3 cm³/mol. The quantitative estimate of drug-likeness (QED) is 0.748. The van der Waals surface area contributed by atoms with Crippen molar-refractivity contribution in [3.8, 4) is 11.4 Å². The zero-order valence-electron chi connectivity index (χ0n) is 11.7. The minimum atomic E-state index is -0.302. The topological polar surface area (TPSA) is 81.9 Å². The van der Waals surface area contributed by atoms with Gasteiger partial charge in [0.25, 0.3) is 5.91 Å². The fourth-order valence-electron chi connectivity index (χ4n) is 1.74. The van der Waals surface area contributed by atoms with Gasteiger partial charge in [-0.3, -0.25) is 14.8 Å². The summed E-state index contributed by atoms with van der Waals surface area (Å²) in [6.45, 7) is 1.15. The van der Waals surface area contributed by atoms with Gasteiger partial charge in [0.2, 0.25) is 5.13 Å². The van der Waals surface area contributed by atoms with Crippen molar-refractivity contribution in [1.82, 2.24) is 19.1 Å². The van der Waals surface area contributed by atoms with Gasteiger partial charge in [0.05, 0.1) is 13.2 Å². The van der Waals surface area contributed by atoms with Gasteiger partial charge in [-0.2, -0.15) is 25.8 Å². The van der Waals surface area contributed by atoms with E-state index in [9.17, 15) is 4.79 Å². The highest BCUT2D eigenvalue weighted by Crippen LogP contribution is 2.23. The van der Waals surface area contributed by atoms with Crippen molar-refractivity contribution in [2.45, 2.75) is 6.54 Å². The summed E-state index contributed by atoms with van der Waals surface area (Å²) in [6, 6.07) is 3.60. The van der Waals surface area contributed by atoms with Gasteiger partial charge in [0.1, 0.15) is 0 Å². The molecule has 9 heteroatoms. The molecular formula is C13H13N5O2S2. The Labute approximate surface area is 134 Å². The Morgan fingerprint density at radius 3 is 3.14 bits per heavy atom. The summed E-state index contributed by atoms with van der Waals surface area (Å²) in [5.74, 6) is 0.316. The molecule has 0 aliphatic carbocycles. The molecule has 0 bridgehead atoms. The summed E-state index contributed by atoms with van der Waals surface area (Å²) >= 11 is 2.73. The minimum Gasteiger partial charge on any atom is -0.383 e. The van der Waals surface area contributed by atoms with E-state index in [4.69, 9.17) is 4.74 Å². The van der Waals surface area contributed by atoms with Crippen LogP contribution in [-0.2, 0) is 11.3 Å². The van der Waals surface area contributed by atoms with Gasteiger partial charge < -0.3 is 4.74 Å². The van der Waals surface area contributed by atoms with E-state index in [1.165, 1.54) is 0 Å². The van der Waals surface area contributed by atoms with Crippen molar-refractivity contribution in [2.24, 2.45) is 0 Å². The molecule has 3 heterocycles. The molecule has 3 aromatic heterocycles. The van der Waals surface area contributed by atoms with Crippen molar-refractivity contribution in [3.63, 3.8) is 0 Å². The Hall–Kier alpha value is -2.10. The highest BCUT2D eigenvalue weighted by Gasteiger charge is 2.13. The Kier molecular flexibility index (Phi) is 4.56. The predicted octanol–water partition coefficient (Wildman–Crippen LogP) is 2.36. The summed E-state index contributed by atoms with van der Waals surface area (Å²) in [6.07, 6.45) is 1.74. The molecule has 3 rings (SSSR count). The summed E-state index contributed by atoms with van der Waals surface area (Å²) in [5, 5.41) is 11.3. The molecule has 7 nitrogen and oxygen atoms in total. The number of hydrogen-bond acceptors (Lipinski definition) is 7. The maximum absolute atomic E-state index is 12.1. The largest absolute Gasteiger partial charge is 0.383 e.